The molecule has 0 amide bonds. The second-order valence-electron chi connectivity index (χ2n) is 6.91. The van der Waals surface area contributed by atoms with Crippen molar-refractivity contribution in [2.24, 2.45) is 5.92 Å². The molecule has 2 aromatic heterocycles. The van der Waals surface area contributed by atoms with Crippen LogP contribution < -0.4 is 5.32 Å². The summed E-state index contributed by atoms with van der Waals surface area (Å²) in [5, 5.41) is 14.9. The molecule has 2 N–H and O–H groups in total. The van der Waals surface area contributed by atoms with Crippen molar-refractivity contribution >= 4 is 11.0 Å². The van der Waals surface area contributed by atoms with Crippen LogP contribution in [0.15, 0.2) is 47.4 Å². The number of imidazole rings is 1. The van der Waals surface area contributed by atoms with Gasteiger partial charge in [-0.1, -0.05) is 11.6 Å². The van der Waals surface area contributed by atoms with Crippen LogP contribution in [0.1, 0.15) is 24.2 Å². The monoisotopic (exact) mass is 325 g/mol. The summed E-state index contributed by atoms with van der Waals surface area (Å²) >= 11 is 0. The first-order chi connectivity index (χ1) is 11.7. The minimum Gasteiger partial charge on any atom is -0.460 e. The number of nitrogens with one attached hydrogen (secondary N) is 1. The number of furan rings is 1. The Kier molecular flexibility index (Phi) is 4.12. The highest BCUT2D eigenvalue weighted by Gasteiger charge is 2.32. The highest BCUT2D eigenvalue weighted by Crippen LogP contribution is 2.28. The van der Waals surface area contributed by atoms with Crippen LogP contribution in [-0.2, 0) is 13.1 Å². The smallest absolute Gasteiger partial charge is 0.134 e. The van der Waals surface area contributed by atoms with Crippen molar-refractivity contribution in [1.29, 1.82) is 0 Å². The number of aryl methyl sites for hydroxylation is 1. The van der Waals surface area contributed by atoms with Gasteiger partial charge >= 0.3 is 0 Å². The number of nitrogens with zero attached hydrogens (tertiary/aromatic N) is 2. The molecular weight excluding hydrogens is 302 g/mol. The molecule has 0 spiro atoms. The number of aromatic nitrogens is 2. The predicted molar refractivity (Wildman–Crippen MR) is 92.5 cm³/mol. The van der Waals surface area contributed by atoms with Gasteiger partial charge < -0.3 is 19.4 Å². The zero-order valence-corrected chi connectivity index (χ0v) is 13.9. The Hall–Kier alpha value is -2.11. The van der Waals surface area contributed by atoms with Crippen LogP contribution in [0.4, 0.5) is 0 Å². The molecule has 1 aliphatic rings. The normalized spacial score (nSPS) is 24.0. The largest absolute Gasteiger partial charge is 0.460 e. The molecule has 4 rings (SSSR count). The summed E-state index contributed by atoms with van der Waals surface area (Å²) in [6, 6.07) is 8.41. The number of aliphatic hydroxyl groups excluding tert-OH is 1. The van der Waals surface area contributed by atoms with Gasteiger partial charge in [0.05, 0.1) is 19.0 Å². The van der Waals surface area contributed by atoms with Crippen molar-refractivity contribution in [2.45, 2.75) is 45.0 Å². The lowest BCUT2D eigenvalue weighted by Crippen LogP contribution is -2.35. The van der Waals surface area contributed by atoms with Crippen LogP contribution >= 0.6 is 0 Å². The molecule has 5 heteroatoms. The molecule has 5 nitrogen and oxygen atoms in total. The topological polar surface area (TPSA) is 63.2 Å². The van der Waals surface area contributed by atoms with E-state index < -0.39 is 0 Å². The van der Waals surface area contributed by atoms with E-state index in [-0.39, 0.29) is 12.1 Å². The summed E-state index contributed by atoms with van der Waals surface area (Å²) in [5.41, 5.74) is 2.15. The van der Waals surface area contributed by atoms with Crippen LogP contribution in [0.2, 0.25) is 0 Å². The van der Waals surface area contributed by atoms with Gasteiger partial charge in [0, 0.05) is 30.4 Å². The van der Waals surface area contributed by atoms with Crippen molar-refractivity contribution in [2.75, 3.05) is 0 Å². The molecule has 3 atom stereocenters. The summed E-state index contributed by atoms with van der Waals surface area (Å²) in [7, 11) is 0. The van der Waals surface area contributed by atoms with Crippen molar-refractivity contribution in [3.05, 3.63) is 54.3 Å². The average molecular weight is 325 g/mol. The number of fused-ring (bicyclic) bond motifs is 1. The molecule has 0 aliphatic heterocycles. The molecule has 1 fully saturated rings. The lowest BCUT2D eigenvalue weighted by atomic mass is 10.1. The fourth-order valence-electron chi connectivity index (χ4n) is 3.72. The molecule has 3 aromatic rings. The molecule has 24 heavy (non-hydrogen) atoms. The van der Waals surface area contributed by atoms with E-state index in [1.807, 2.05) is 18.6 Å². The Morgan fingerprint density at radius 3 is 3.08 bits per heavy atom. The highest BCUT2D eigenvalue weighted by molar-refractivity contribution is 5.78. The Morgan fingerprint density at radius 1 is 1.33 bits per heavy atom. The zero-order valence-electron chi connectivity index (χ0n) is 13.9. The second kappa shape index (κ2) is 6.42. The molecule has 0 radical (unpaired) electrons. The van der Waals surface area contributed by atoms with E-state index in [1.54, 1.807) is 6.20 Å². The minimum absolute atomic E-state index is 0.119. The van der Waals surface area contributed by atoms with E-state index in [2.05, 4.69) is 40.0 Å². The fraction of sp³-hybridized carbons (Fsp3) is 0.421. The zero-order chi connectivity index (χ0) is 16.5. The van der Waals surface area contributed by atoms with Crippen LogP contribution in [-0.4, -0.2) is 26.8 Å². The van der Waals surface area contributed by atoms with Crippen molar-refractivity contribution < 1.29 is 9.52 Å². The Balaban J connectivity index is 1.36. The first kappa shape index (κ1) is 15.4. The van der Waals surface area contributed by atoms with E-state index >= 15 is 0 Å². The first-order valence-electron chi connectivity index (χ1n) is 8.53. The predicted octanol–water partition coefficient (Wildman–Crippen LogP) is 2.87. The van der Waals surface area contributed by atoms with Gasteiger partial charge in [-0.15, -0.1) is 0 Å². The van der Waals surface area contributed by atoms with Crippen LogP contribution in [0, 0.1) is 12.8 Å². The van der Waals surface area contributed by atoms with Crippen LogP contribution in [0.3, 0.4) is 0 Å². The fourth-order valence-corrected chi connectivity index (χ4v) is 3.72. The van der Waals surface area contributed by atoms with Crippen molar-refractivity contribution in [3.63, 3.8) is 0 Å². The summed E-state index contributed by atoms with van der Waals surface area (Å²) in [4.78, 5) is 4.08. The SMILES string of the molecule is Cc1ccc2oc(CN[C@@H]3CC(Cn4ccnc4)C[C@H]3O)cc2c1. The third kappa shape index (κ3) is 3.23. The molecule has 2 heterocycles. The van der Waals surface area contributed by atoms with Crippen LogP contribution in [0.25, 0.3) is 11.0 Å². The Morgan fingerprint density at radius 2 is 2.25 bits per heavy atom. The number of hydrogen-bond donors (Lipinski definition) is 2. The van der Waals surface area contributed by atoms with Crippen molar-refractivity contribution in [1.82, 2.24) is 14.9 Å². The highest BCUT2D eigenvalue weighted by atomic mass is 16.3. The van der Waals surface area contributed by atoms with Gasteiger partial charge in [0.1, 0.15) is 11.3 Å². The molecule has 1 unspecified atom stereocenters. The summed E-state index contributed by atoms with van der Waals surface area (Å²) in [5.74, 6) is 1.39. The summed E-state index contributed by atoms with van der Waals surface area (Å²) < 4.78 is 7.96. The molecule has 1 aromatic carbocycles. The summed E-state index contributed by atoms with van der Waals surface area (Å²) in [6.07, 6.45) is 7.11. The lowest BCUT2D eigenvalue weighted by Gasteiger charge is -2.15. The molecule has 126 valence electrons. The van der Waals surface area contributed by atoms with Gasteiger partial charge in [-0.3, -0.25) is 0 Å². The van der Waals surface area contributed by atoms with E-state index in [0.717, 1.165) is 36.1 Å². The van der Waals surface area contributed by atoms with E-state index in [1.165, 1.54) is 5.56 Å². The number of benzene rings is 1. The van der Waals surface area contributed by atoms with E-state index in [0.29, 0.717) is 12.5 Å². The first-order valence-corrected chi connectivity index (χ1v) is 8.53. The molecule has 1 aliphatic carbocycles. The minimum atomic E-state index is -0.301. The third-order valence-electron chi connectivity index (χ3n) is 4.92. The molecular formula is C19H23N3O2. The van der Waals surface area contributed by atoms with Gasteiger partial charge in [0.2, 0.25) is 0 Å². The number of rotatable bonds is 5. The van der Waals surface area contributed by atoms with Gasteiger partial charge in [-0.2, -0.15) is 0 Å². The summed E-state index contributed by atoms with van der Waals surface area (Å²) in [6.45, 7) is 3.64. The Labute approximate surface area is 141 Å². The van der Waals surface area contributed by atoms with E-state index in [9.17, 15) is 5.11 Å². The number of hydrogen-bond acceptors (Lipinski definition) is 4. The third-order valence-corrected chi connectivity index (χ3v) is 4.92. The average Bonchev–Trinajstić information content (AvgIpc) is 3.26. The maximum absolute atomic E-state index is 10.3. The molecule has 0 saturated heterocycles. The van der Waals surface area contributed by atoms with Crippen LogP contribution in [0.5, 0.6) is 0 Å². The Bertz CT molecular complexity index is 809. The lowest BCUT2D eigenvalue weighted by molar-refractivity contribution is 0.144. The molecule has 1 saturated carbocycles. The quantitative estimate of drug-likeness (QED) is 0.757. The van der Waals surface area contributed by atoms with Gasteiger partial charge in [-0.25, -0.2) is 4.98 Å². The number of aliphatic hydroxyl groups is 1. The van der Waals surface area contributed by atoms with Gasteiger partial charge in [0.15, 0.2) is 0 Å². The maximum Gasteiger partial charge on any atom is 0.134 e. The van der Waals surface area contributed by atoms with Gasteiger partial charge in [-0.05, 0) is 43.9 Å². The van der Waals surface area contributed by atoms with Gasteiger partial charge in [0.25, 0.3) is 0 Å². The van der Waals surface area contributed by atoms with E-state index in [4.69, 9.17) is 4.42 Å². The standard InChI is InChI=1S/C19H23N3O2/c1-13-2-3-19-15(6-13)9-16(24-19)10-21-17-7-14(8-18(17)23)11-22-5-4-20-12-22/h2-6,9,12,14,17-18,21,23H,7-8,10-11H2,1H3/t14?,17-,18-/m1/s1. The molecule has 0 bridgehead atoms. The van der Waals surface area contributed by atoms with Crippen molar-refractivity contribution in [3.8, 4) is 0 Å². The second-order valence-corrected chi connectivity index (χ2v) is 6.91. The maximum atomic E-state index is 10.3.